The fourth-order valence-electron chi connectivity index (χ4n) is 1.08. The zero-order valence-electron chi connectivity index (χ0n) is 6.68. The quantitative estimate of drug-likeness (QED) is 0.529. The highest BCUT2D eigenvalue weighted by Gasteiger charge is 2.27. The van der Waals surface area contributed by atoms with Gasteiger partial charge >= 0.3 is 0 Å². The average Bonchev–Trinajstić information content (AvgIpc) is 2.08. The molecular formula is C8H4F6. The van der Waals surface area contributed by atoms with E-state index in [-0.39, 0.29) is 0 Å². The fraction of sp³-hybridized carbons (Fsp3) is 0.250. The predicted octanol–water partition coefficient (Wildman–Crippen LogP) is 4.23. The Hall–Kier alpha value is -1.20. The normalized spacial score (nSPS) is 17.6. The van der Waals surface area contributed by atoms with Gasteiger partial charge in [0.25, 0.3) is 12.2 Å². The lowest BCUT2D eigenvalue weighted by Gasteiger charge is -2.14. The van der Waals surface area contributed by atoms with Crippen LogP contribution in [0, 0.1) is 0 Å². The maximum Gasteiger partial charge on any atom is 0.274 e. The van der Waals surface area contributed by atoms with Crippen LogP contribution in [0.4, 0.5) is 26.3 Å². The molecule has 0 aliphatic heterocycles. The van der Waals surface area contributed by atoms with E-state index in [4.69, 9.17) is 0 Å². The molecule has 0 saturated carbocycles. The molecule has 0 amide bonds. The largest absolute Gasteiger partial charge is 0.274 e. The van der Waals surface area contributed by atoms with Crippen LogP contribution in [0.2, 0.25) is 0 Å². The molecule has 0 atom stereocenters. The lowest BCUT2D eigenvalue weighted by atomic mass is 9.95. The highest BCUT2D eigenvalue weighted by atomic mass is 19.3. The summed E-state index contributed by atoms with van der Waals surface area (Å²) in [5.74, 6) is -2.84. The van der Waals surface area contributed by atoms with Gasteiger partial charge in [-0.05, 0) is 0 Å². The summed E-state index contributed by atoms with van der Waals surface area (Å²) in [6.07, 6.45) is -7.03. The van der Waals surface area contributed by atoms with Crippen molar-refractivity contribution < 1.29 is 26.3 Å². The second-order valence-corrected chi connectivity index (χ2v) is 2.64. The maximum atomic E-state index is 12.5. The Morgan fingerprint density at radius 3 is 1.21 bits per heavy atom. The van der Waals surface area contributed by atoms with E-state index < -0.39 is 47.8 Å². The summed E-state index contributed by atoms with van der Waals surface area (Å²) < 4.78 is 73.1. The third kappa shape index (κ3) is 2.00. The zero-order chi connectivity index (χ0) is 10.9. The van der Waals surface area contributed by atoms with Gasteiger partial charge in [-0.15, -0.1) is 0 Å². The molecule has 0 N–H and O–H groups in total. The molecule has 0 aromatic carbocycles. The monoisotopic (exact) mass is 214 g/mol. The van der Waals surface area contributed by atoms with Crippen molar-refractivity contribution in [3.05, 3.63) is 35.0 Å². The van der Waals surface area contributed by atoms with Crippen molar-refractivity contribution in [2.75, 3.05) is 0 Å². The Bertz CT molecular complexity index is 307. The summed E-state index contributed by atoms with van der Waals surface area (Å²) in [7, 11) is 0. The van der Waals surface area contributed by atoms with Crippen LogP contribution in [0.25, 0.3) is 0 Å². The molecule has 6 heteroatoms. The van der Waals surface area contributed by atoms with Gasteiger partial charge in [0.2, 0.25) is 0 Å². The van der Waals surface area contributed by atoms with Gasteiger partial charge in [0.15, 0.2) is 0 Å². The third-order valence-corrected chi connectivity index (χ3v) is 1.78. The fourth-order valence-corrected chi connectivity index (χ4v) is 1.08. The summed E-state index contributed by atoms with van der Waals surface area (Å²) in [5, 5.41) is 0. The van der Waals surface area contributed by atoms with E-state index in [1.807, 2.05) is 0 Å². The molecule has 1 rings (SSSR count). The number of hydrogen-bond donors (Lipinski definition) is 0. The maximum absolute atomic E-state index is 12.5. The molecule has 1 aliphatic carbocycles. The first kappa shape index (κ1) is 10.9. The van der Waals surface area contributed by atoms with Crippen LogP contribution in [0.5, 0.6) is 0 Å². The van der Waals surface area contributed by atoms with Crippen LogP contribution >= 0.6 is 0 Å². The van der Waals surface area contributed by atoms with Crippen LogP contribution < -0.4 is 0 Å². The van der Waals surface area contributed by atoms with Crippen molar-refractivity contribution >= 4 is 0 Å². The predicted molar refractivity (Wildman–Crippen MR) is 37.0 cm³/mol. The van der Waals surface area contributed by atoms with E-state index >= 15 is 0 Å². The van der Waals surface area contributed by atoms with Gasteiger partial charge in [-0.1, -0.05) is 0 Å². The summed E-state index contributed by atoms with van der Waals surface area (Å²) in [6.45, 7) is 0. The number of allylic oxidation sites excluding steroid dienone is 4. The van der Waals surface area contributed by atoms with Gasteiger partial charge in [-0.2, -0.15) is 17.6 Å². The van der Waals surface area contributed by atoms with Crippen molar-refractivity contribution in [2.24, 2.45) is 0 Å². The van der Waals surface area contributed by atoms with Crippen LogP contribution in [0.3, 0.4) is 0 Å². The molecule has 0 spiro atoms. The number of halogens is 6. The standard InChI is InChI=1S/C8H4F6/c9-5-1-3(7(11)12)4(8(13)14)2-6(5)10/h1-2H2. The Balaban J connectivity index is 3.23. The van der Waals surface area contributed by atoms with Gasteiger partial charge in [0, 0.05) is 24.0 Å². The Labute approximate surface area is 75.2 Å². The number of rotatable bonds is 0. The average molecular weight is 214 g/mol. The first-order valence-corrected chi connectivity index (χ1v) is 3.55. The summed E-state index contributed by atoms with van der Waals surface area (Å²) in [5.41, 5.74) is -2.24. The van der Waals surface area contributed by atoms with E-state index in [0.29, 0.717) is 0 Å². The molecular weight excluding hydrogens is 210 g/mol. The molecule has 0 saturated heterocycles. The Morgan fingerprint density at radius 1 is 0.714 bits per heavy atom. The molecule has 0 bridgehead atoms. The van der Waals surface area contributed by atoms with Crippen molar-refractivity contribution in [1.82, 2.24) is 0 Å². The molecule has 78 valence electrons. The summed E-state index contributed by atoms with van der Waals surface area (Å²) >= 11 is 0. The Kier molecular flexibility index (Phi) is 3.03. The molecule has 0 unspecified atom stereocenters. The van der Waals surface area contributed by atoms with Gasteiger partial charge in [0.05, 0.1) is 0 Å². The SMILES string of the molecule is FC(F)=C1CC(F)=C(F)CC1=C(F)F. The zero-order valence-corrected chi connectivity index (χ0v) is 6.68. The Morgan fingerprint density at radius 2 is 1.00 bits per heavy atom. The lowest BCUT2D eigenvalue weighted by molar-refractivity contribution is 0.380. The van der Waals surface area contributed by atoms with E-state index in [1.165, 1.54) is 0 Å². The molecule has 0 nitrogen and oxygen atoms in total. The first-order chi connectivity index (χ1) is 6.43. The molecule has 0 fully saturated rings. The minimum Gasteiger partial charge on any atom is -0.209 e. The smallest absolute Gasteiger partial charge is 0.209 e. The third-order valence-electron chi connectivity index (χ3n) is 1.78. The van der Waals surface area contributed by atoms with Crippen molar-refractivity contribution in [1.29, 1.82) is 0 Å². The highest BCUT2D eigenvalue weighted by Crippen LogP contribution is 2.39. The van der Waals surface area contributed by atoms with Crippen LogP contribution in [-0.4, -0.2) is 0 Å². The van der Waals surface area contributed by atoms with Gasteiger partial charge in [-0.25, -0.2) is 8.78 Å². The molecule has 0 heterocycles. The second-order valence-electron chi connectivity index (χ2n) is 2.64. The summed E-state index contributed by atoms with van der Waals surface area (Å²) in [4.78, 5) is 0. The molecule has 0 radical (unpaired) electrons. The van der Waals surface area contributed by atoms with Gasteiger partial charge in [-0.3, -0.25) is 0 Å². The topological polar surface area (TPSA) is 0 Å². The van der Waals surface area contributed by atoms with E-state index in [9.17, 15) is 26.3 Å². The van der Waals surface area contributed by atoms with Gasteiger partial charge in [0.1, 0.15) is 11.7 Å². The van der Waals surface area contributed by atoms with E-state index in [1.54, 1.807) is 0 Å². The van der Waals surface area contributed by atoms with Crippen molar-refractivity contribution in [2.45, 2.75) is 12.8 Å². The van der Waals surface area contributed by atoms with E-state index in [2.05, 4.69) is 0 Å². The van der Waals surface area contributed by atoms with Crippen LogP contribution in [0.15, 0.2) is 35.0 Å². The van der Waals surface area contributed by atoms with Crippen molar-refractivity contribution in [3.63, 3.8) is 0 Å². The number of hydrogen-bond acceptors (Lipinski definition) is 0. The molecule has 14 heavy (non-hydrogen) atoms. The molecule has 0 aromatic rings. The van der Waals surface area contributed by atoms with Crippen LogP contribution in [0.1, 0.15) is 12.8 Å². The minimum atomic E-state index is -2.41. The summed E-state index contributed by atoms with van der Waals surface area (Å²) in [6, 6.07) is 0. The minimum absolute atomic E-state index is 1.11. The van der Waals surface area contributed by atoms with Crippen molar-refractivity contribution in [3.8, 4) is 0 Å². The first-order valence-electron chi connectivity index (χ1n) is 3.55. The highest BCUT2D eigenvalue weighted by molar-refractivity contribution is 5.41. The molecule has 1 aliphatic rings. The molecule has 0 aromatic heterocycles. The van der Waals surface area contributed by atoms with E-state index in [0.717, 1.165) is 0 Å². The van der Waals surface area contributed by atoms with Crippen LogP contribution in [-0.2, 0) is 0 Å². The van der Waals surface area contributed by atoms with Gasteiger partial charge < -0.3 is 0 Å². The lowest BCUT2D eigenvalue weighted by Crippen LogP contribution is -2.02. The second kappa shape index (κ2) is 3.89.